The molecule has 1 aromatic carbocycles. The highest BCUT2D eigenvalue weighted by atomic mass is 35.5. The van der Waals surface area contributed by atoms with Gasteiger partial charge in [-0.05, 0) is 49.4 Å². The first-order chi connectivity index (χ1) is 10.4. The zero-order valence-corrected chi connectivity index (χ0v) is 13.8. The van der Waals surface area contributed by atoms with E-state index in [0.29, 0.717) is 28.8 Å². The molecule has 0 spiro atoms. The quantitative estimate of drug-likeness (QED) is 0.768. The van der Waals surface area contributed by atoms with Crippen LogP contribution in [0.15, 0.2) is 24.3 Å². The zero-order chi connectivity index (χ0) is 16.0. The third kappa shape index (κ3) is 5.85. The van der Waals surface area contributed by atoms with E-state index in [4.69, 9.17) is 16.3 Å². The van der Waals surface area contributed by atoms with E-state index in [0.717, 1.165) is 19.3 Å². The van der Waals surface area contributed by atoms with Gasteiger partial charge in [0.05, 0.1) is 11.5 Å². The van der Waals surface area contributed by atoms with Crippen LogP contribution in [0.4, 0.5) is 0 Å². The largest absolute Gasteiger partial charge is 0.484 e. The lowest BCUT2D eigenvalue weighted by Crippen LogP contribution is -2.30. The van der Waals surface area contributed by atoms with E-state index in [1.807, 2.05) is 0 Å². The van der Waals surface area contributed by atoms with Gasteiger partial charge in [0.25, 0.3) is 5.91 Å². The average Bonchev–Trinajstić information content (AvgIpc) is 2.82. The Morgan fingerprint density at radius 2 is 2.05 bits per heavy atom. The molecule has 0 radical (unpaired) electrons. The van der Waals surface area contributed by atoms with E-state index < -0.39 is 9.84 Å². The minimum atomic E-state index is -2.81. The maximum atomic E-state index is 11.6. The van der Waals surface area contributed by atoms with E-state index >= 15 is 0 Å². The van der Waals surface area contributed by atoms with E-state index in [2.05, 4.69) is 5.32 Å². The number of benzene rings is 1. The molecule has 1 N–H and O–H groups in total. The lowest BCUT2D eigenvalue weighted by atomic mass is 10.0. The number of carbonyl (C=O) groups is 1. The molecule has 1 aromatic rings. The van der Waals surface area contributed by atoms with Crippen LogP contribution in [0.2, 0.25) is 5.02 Å². The fraction of sp³-hybridized carbons (Fsp3) is 0.533. The number of rotatable bonds is 7. The van der Waals surface area contributed by atoms with Crippen molar-refractivity contribution in [3.63, 3.8) is 0 Å². The van der Waals surface area contributed by atoms with Crippen molar-refractivity contribution in [3.05, 3.63) is 29.3 Å². The minimum absolute atomic E-state index is 0.0422. The number of sulfone groups is 1. The number of carbonyl (C=O) groups excluding carboxylic acids is 1. The molecule has 1 aliphatic heterocycles. The van der Waals surface area contributed by atoms with E-state index in [1.54, 1.807) is 24.3 Å². The fourth-order valence-electron chi connectivity index (χ4n) is 2.45. The first-order valence-electron chi connectivity index (χ1n) is 7.30. The van der Waals surface area contributed by atoms with Crippen molar-refractivity contribution in [2.24, 2.45) is 5.92 Å². The molecule has 7 heteroatoms. The molecule has 22 heavy (non-hydrogen) atoms. The fourth-order valence-corrected chi connectivity index (χ4v) is 4.49. The van der Waals surface area contributed by atoms with Gasteiger partial charge in [0.2, 0.25) is 0 Å². The summed E-state index contributed by atoms with van der Waals surface area (Å²) in [6.07, 6.45) is 2.36. The Bertz CT molecular complexity index is 600. The molecule has 1 heterocycles. The van der Waals surface area contributed by atoms with Gasteiger partial charge in [-0.2, -0.15) is 0 Å². The minimum Gasteiger partial charge on any atom is -0.484 e. The van der Waals surface area contributed by atoms with Crippen LogP contribution in [0.5, 0.6) is 5.75 Å². The maximum absolute atomic E-state index is 11.6. The highest BCUT2D eigenvalue weighted by Gasteiger charge is 2.27. The van der Waals surface area contributed by atoms with Gasteiger partial charge in [0.1, 0.15) is 5.75 Å². The van der Waals surface area contributed by atoms with E-state index in [-0.39, 0.29) is 18.4 Å². The highest BCUT2D eigenvalue weighted by molar-refractivity contribution is 7.91. The predicted octanol–water partition coefficient (Wildman–Crippen LogP) is 2.05. The van der Waals surface area contributed by atoms with Gasteiger partial charge in [-0.1, -0.05) is 11.6 Å². The smallest absolute Gasteiger partial charge is 0.257 e. The van der Waals surface area contributed by atoms with Gasteiger partial charge in [0.15, 0.2) is 16.4 Å². The summed E-state index contributed by atoms with van der Waals surface area (Å²) in [7, 11) is -2.81. The Kier molecular flexibility index (Phi) is 6.08. The summed E-state index contributed by atoms with van der Waals surface area (Å²) in [6.45, 7) is 0.499. The van der Waals surface area contributed by atoms with Gasteiger partial charge < -0.3 is 10.1 Å². The monoisotopic (exact) mass is 345 g/mol. The summed E-state index contributed by atoms with van der Waals surface area (Å²) >= 11 is 5.76. The van der Waals surface area contributed by atoms with Crippen molar-refractivity contribution < 1.29 is 17.9 Å². The van der Waals surface area contributed by atoms with Gasteiger partial charge in [0, 0.05) is 11.6 Å². The van der Waals surface area contributed by atoms with Crippen LogP contribution in [-0.2, 0) is 14.6 Å². The van der Waals surface area contributed by atoms with Crippen LogP contribution in [-0.4, -0.2) is 39.0 Å². The first kappa shape index (κ1) is 17.1. The molecule has 1 atom stereocenters. The van der Waals surface area contributed by atoms with Crippen LogP contribution in [0.1, 0.15) is 19.3 Å². The SMILES string of the molecule is O=C(COc1ccc(Cl)cc1)NCCCC1CCS(=O)(=O)C1. The predicted molar refractivity (Wildman–Crippen MR) is 86.0 cm³/mol. The molecule has 0 aliphatic carbocycles. The molecule has 1 aliphatic rings. The molecule has 122 valence electrons. The Labute approximate surface area is 135 Å². The third-order valence-corrected chi connectivity index (χ3v) is 5.71. The Balaban J connectivity index is 1.57. The van der Waals surface area contributed by atoms with Crippen molar-refractivity contribution in [1.29, 1.82) is 0 Å². The highest BCUT2D eigenvalue weighted by Crippen LogP contribution is 2.22. The number of amides is 1. The number of ether oxygens (including phenoxy) is 1. The Morgan fingerprint density at radius 1 is 1.32 bits per heavy atom. The molecule has 5 nitrogen and oxygen atoms in total. The topological polar surface area (TPSA) is 72.5 Å². The van der Waals surface area contributed by atoms with Gasteiger partial charge in [-0.3, -0.25) is 4.79 Å². The maximum Gasteiger partial charge on any atom is 0.257 e. The van der Waals surface area contributed by atoms with Gasteiger partial charge in [-0.15, -0.1) is 0 Å². The lowest BCUT2D eigenvalue weighted by Gasteiger charge is -2.09. The van der Waals surface area contributed by atoms with Crippen LogP contribution in [0.25, 0.3) is 0 Å². The molecule has 1 unspecified atom stereocenters. The van der Waals surface area contributed by atoms with Crippen LogP contribution in [0, 0.1) is 5.92 Å². The summed E-state index contributed by atoms with van der Waals surface area (Å²) in [5.74, 6) is 1.25. The molecule has 2 rings (SSSR count). The molecule has 0 saturated carbocycles. The van der Waals surface area contributed by atoms with Crippen molar-refractivity contribution in [2.45, 2.75) is 19.3 Å². The Morgan fingerprint density at radius 3 is 2.68 bits per heavy atom. The molecule has 0 aromatic heterocycles. The molecule has 1 amide bonds. The lowest BCUT2D eigenvalue weighted by molar-refractivity contribution is -0.123. The number of halogens is 1. The van der Waals surface area contributed by atoms with Crippen molar-refractivity contribution in [1.82, 2.24) is 5.32 Å². The summed E-state index contributed by atoms with van der Waals surface area (Å²) < 4.78 is 28.0. The standard InChI is InChI=1S/C15H20ClNO4S/c16-13-3-5-14(6-4-13)21-10-15(18)17-8-1-2-12-7-9-22(19,20)11-12/h3-6,12H,1-2,7-11H2,(H,17,18). The van der Waals surface area contributed by atoms with Crippen molar-refractivity contribution >= 4 is 27.3 Å². The summed E-state index contributed by atoms with van der Waals surface area (Å²) in [5.41, 5.74) is 0. The molecule has 0 bridgehead atoms. The normalized spacial score (nSPS) is 19.8. The second-order valence-electron chi connectivity index (χ2n) is 5.50. The third-order valence-electron chi connectivity index (χ3n) is 3.62. The average molecular weight is 346 g/mol. The summed E-state index contributed by atoms with van der Waals surface area (Å²) in [4.78, 5) is 11.6. The molecule has 1 fully saturated rings. The van der Waals surface area contributed by atoms with Crippen LogP contribution in [0.3, 0.4) is 0 Å². The molecule has 1 saturated heterocycles. The summed E-state index contributed by atoms with van der Waals surface area (Å²) in [5, 5.41) is 3.39. The van der Waals surface area contributed by atoms with Gasteiger partial charge in [-0.25, -0.2) is 8.42 Å². The van der Waals surface area contributed by atoms with E-state index in [1.165, 1.54) is 0 Å². The number of hydrogen-bond donors (Lipinski definition) is 1. The second kappa shape index (κ2) is 7.83. The molecular formula is C15H20ClNO4S. The summed E-state index contributed by atoms with van der Waals surface area (Å²) in [6, 6.07) is 6.81. The zero-order valence-electron chi connectivity index (χ0n) is 12.3. The van der Waals surface area contributed by atoms with Crippen LogP contribution < -0.4 is 10.1 Å². The number of hydrogen-bond acceptors (Lipinski definition) is 4. The second-order valence-corrected chi connectivity index (χ2v) is 8.17. The first-order valence-corrected chi connectivity index (χ1v) is 9.50. The van der Waals surface area contributed by atoms with Gasteiger partial charge >= 0.3 is 0 Å². The Hall–Kier alpha value is -1.27. The van der Waals surface area contributed by atoms with Crippen molar-refractivity contribution in [2.75, 3.05) is 24.7 Å². The van der Waals surface area contributed by atoms with E-state index in [9.17, 15) is 13.2 Å². The van der Waals surface area contributed by atoms with Crippen LogP contribution >= 0.6 is 11.6 Å². The number of nitrogens with one attached hydrogen (secondary N) is 1. The molecular weight excluding hydrogens is 326 g/mol. The van der Waals surface area contributed by atoms with Crippen molar-refractivity contribution in [3.8, 4) is 5.75 Å².